The summed E-state index contributed by atoms with van der Waals surface area (Å²) < 4.78 is 189. The van der Waals surface area contributed by atoms with Gasteiger partial charge in [0.15, 0.2) is 69.8 Å². The largest absolute Gasteiger partial charge is 0.203 e. The highest BCUT2D eigenvalue weighted by atomic mass is 19.2. The van der Waals surface area contributed by atoms with Crippen molar-refractivity contribution in [2.24, 2.45) is 0 Å². The number of benzene rings is 3. The molecule has 0 bridgehead atoms. The fourth-order valence-corrected chi connectivity index (χ4v) is 4.37. The van der Waals surface area contributed by atoms with E-state index in [1.54, 1.807) is 0 Å². The molecule has 3 aromatic carbocycles. The SMILES string of the molecule is N#CC(=C1C(=C(\C#N)c2c(F)c(F)c(C#N)c(F)c2F)/C1=C(\C#N)c1c(F)c(F)c(C#N)c(F)c1F)c1c(F)c(F)c(F)c(F)c1F. The maximum Gasteiger partial charge on any atom is 0.200 e. The predicted molar refractivity (Wildman–Crippen MR) is 126 cm³/mol. The van der Waals surface area contributed by atoms with Gasteiger partial charge >= 0.3 is 0 Å². The van der Waals surface area contributed by atoms with E-state index in [1.807, 2.05) is 0 Å². The van der Waals surface area contributed by atoms with Gasteiger partial charge in [0.1, 0.15) is 41.5 Å². The van der Waals surface area contributed by atoms with Crippen LogP contribution in [-0.2, 0) is 0 Å². The van der Waals surface area contributed by atoms with Crippen LogP contribution in [0.5, 0.6) is 0 Å². The average molecular weight is 665 g/mol. The van der Waals surface area contributed by atoms with Crippen molar-refractivity contribution in [2.75, 3.05) is 0 Å². The summed E-state index contributed by atoms with van der Waals surface area (Å²) in [5, 5.41) is 46.8. The first-order valence-electron chi connectivity index (χ1n) is 11.6. The van der Waals surface area contributed by atoms with Gasteiger partial charge < -0.3 is 0 Å². The third kappa shape index (κ3) is 4.61. The molecule has 0 amide bonds. The fraction of sp³-hybridized carbons (Fsp3) is 0. The van der Waals surface area contributed by atoms with Crippen molar-refractivity contribution in [1.82, 2.24) is 0 Å². The van der Waals surface area contributed by atoms with Gasteiger partial charge in [0.05, 0.1) is 33.4 Å². The Bertz CT molecular complexity index is 2130. The molecule has 0 radical (unpaired) electrons. The number of hydrogen-bond donors (Lipinski definition) is 0. The second-order valence-corrected chi connectivity index (χ2v) is 8.77. The molecule has 47 heavy (non-hydrogen) atoms. The summed E-state index contributed by atoms with van der Waals surface area (Å²) in [5.74, 6) is -33.8. The minimum Gasteiger partial charge on any atom is -0.203 e. The van der Waals surface area contributed by atoms with Gasteiger partial charge in [-0.25, -0.2) is 57.1 Å². The molecule has 0 aliphatic heterocycles. The van der Waals surface area contributed by atoms with Crippen LogP contribution in [0.2, 0.25) is 0 Å². The van der Waals surface area contributed by atoms with E-state index >= 15 is 0 Å². The van der Waals surface area contributed by atoms with Crippen molar-refractivity contribution in [1.29, 1.82) is 26.3 Å². The third-order valence-corrected chi connectivity index (χ3v) is 6.48. The van der Waals surface area contributed by atoms with Gasteiger partial charge in [0, 0.05) is 16.7 Å². The number of hydrogen-bond acceptors (Lipinski definition) is 5. The maximum atomic E-state index is 15.0. The molecule has 0 atom stereocenters. The Morgan fingerprint density at radius 1 is 0.298 bits per heavy atom. The Hall–Kier alpha value is -6.58. The Labute approximate surface area is 251 Å². The van der Waals surface area contributed by atoms with E-state index in [1.165, 1.54) is 0 Å². The van der Waals surface area contributed by atoms with E-state index in [9.17, 15) is 72.9 Å². The van der Waals surface area contributed by atoms with E-state index in [-0.39, 0.29) is 0 Å². The van der Waals surface area contributed by atoms with Crippen LogP contribution in [0.1, 0.15) is 27.8 Å². The maximum absolute atomic E-state index is 15.0. The molecule has 0 aromatic heterocycles. The number of nitrogens with zero attached hydrogens (tertiary/aromatic N) is 5. The summed E-state index contributed by atoms with van der Waals surface area (Å²) in [5.41, 5.74) is -20.0. The first-order valence-corrected chi connectivity index (χ1v) is 11.6. The molecule has 1 saturated carbocycles. The average Bonchev–Trinajstić information content (AvgIpc) is 3.77. The van der Waals surface area contributed by atoms with Gasteiger partial charge in [-0.15, -0.1) is 0 Å². The standard InChI is InChI=1S/C29F13N5/c30-17-9(4-46)18(31)22(35)14(21(17)34)6(1-43)11-12(7(2-44)15-23(36)19(32)10(5-47)20(33)24(15)37)13(11)8(3-45)16-25(38)27(40)29(42)28(41)26(16)39/b11-6-,12-7+,13-8?. The topological polar surface area (TPSA) is 119 Å². The van der Waals surface area contributed by atoms with Crippen LogP contribution in [0.15, 0.2) is 16.7 Å². The lowest BCUT2D eigenvalue weighted by Crippen LogP contribution is -2.07. The van der Waals surface area contributed by atoms with Crippen molar-refractivity contribution >= 4 is 16.7 Å². The third-order valence-electron chi connectivity index (χ3n) is 6.48. The quantitative estimate of drug-likeness (QED) is 0.124. The van der Waals surface area contributed by atoms with E-state index in [4.69, 9.17) is 10.5 Å². The Balaban J connectivity index is 2.37. The van der Waals surface area contributed by atoms with Crippen molar-refractivity contribution < 1.29 is 57.1 Å². The highest BCUT2D eigenvalue weighted by molar-refractivity contribution is 6.12. The van der Waals surface area contributed by atoms with E-state index in [0.29, 0.717) is 0 Å². The van der Waals surface area contributed by atoms with Gasteiger partial charge in [-0.1, -0.05) is 0 Å². The fourth-order valence-electron chi connectivity index (χ4n) is 4.37. The molecular weight excluding hydrogens is 665 g/mol. The molecule has 4 rings (SSSR count). The van der Waals surface area contributed by atoms with Crippen molar-refractivity contribution in [3.05, 3.63) is 120 Å². The first kappa shape index (κ1) is 33.3. The first-order chi connectivity index (χ1) is 22.1. The molecule has 1 aliphatic carbocycles. The molecule has 5 nitrogen and oxygen atoms in total. The van der Waals surface area contributed by atoms with Gasteiger partial charge in [-0.05, 0) is 0 Å². The van der Waals surface area contributed by atoms with Crippen molar-refractivity contribution in [2.45, 2.75) is 0 Å². The zero-order valence-electron chi connectivity index (χ0n) is 21.6. The molecule has 0 unspecified atom stereocenters. The predicted octanol–water partition coefficient (Wildman–Crippen LogP) is 7.48. The molecule has 0 N–H and O–H groups in total. The number of rotatable bonds is 3. The second kappa shape index (κ2) is 11.7. The summed E-state index contributed by atoms with van der Waals surface area (Å²) in [6, 6.07) is 4.26. The highest BCUT2D eigenvalue weighted by Gasteiger charge is 2.46. The molecule has 3 aromatic rings. The monoisotopic (exact) mass is 665 g/mol. The Kier molecular flexibility index (Phi) is 8.32. The van der Waals surface area contributed by atoms with Crippen LogP contribution >= 0.6 is 0 Å². The lowest BCUT2D eigenvalue weighted by Gasteiger charge is -2.08. The van der Waals surface area contributed by atoms with Crippen LogP contribution in [0.25, 0.3) is 16.7 Å². The molecule has 1 aliphatic rings. The van der Waals surface area contributed by atoms with Crippen LogP contribution in [0, 0.1) is 132 Å². The molecule has 1 fully saturated rings. The van der Waals surface area contributed by atoms with Gasteiger partial charge in [0.25, 0.3) is 0 Å². The van der Waals surface area contributed by atoms with Gasteiger partial charge in [-0.2, -0.15) is 26.3 Å². The smallest absolute Gasteiger partial charge is 0.200 e. The van der Waals surface area contributed by atoms with E-state index in [2.05, 4.69) is 0 Å². The van der Waals surface area contributed by atoms with Crippen LogP contribution in [0.3, 0.4) is 0 Å². The van der Waals surface area contributed by atoms with Gasteiger partial charge in [0.2, 0.25) is 5.82 Å². The molecule has 0 heterocycles. The lowest BCUT2D eigenvalue weighted by molar-refractivity contribution is 0.376. The summed E-state index contributed by atoms with van der Waals surface area (Å²) in [4.78, 5) is 0. The van der Waals surface area contributed by atoms with Crippen molar-refractivity contribution in [3.8, 4) is 30.3 Å². The lowest BCUT2D eigenvalue weighted by atomic mass is 9.99. The molecule has 0 spiro atoms. The second-order valence-electron chi connectivity index (χ2n) is 8.77. The summed E-state index contributed by atoms with van der Waals surface area (Å²) in [6.07, 6.45) is 0. The normalized spacial score (nSPS) is 15.1. The number of halogens is 13. The van der Waals surface area contributed by atoms with Crippen LogP contribution in [0.4, 0.5) is 57.1 Å². The van der Waals surface area contributed by atoms with Gasteiger partial charge in [-0.3, -0.25) is 0 Å². The van der Waals surface area contributed by atoms with Crippen LogP contribution < -0.4 is 0 Å². The van der Waals surface area contributed by atoms with E-state index in [0.717, 1.165) is 30.3 Å². The number of allylic oxidation sites excluding steroid dienone is 6. The Morgan fingerprint density at radius 2 is 0.489 bits per heavy atom. The summed E-state index contributed by atoms with van der Waals surface area (Å²) in [7, 11) is 0. The number of nitriles is 5. The zero-order chi connectivity index (χ0) is 35.4. The minimum absolute atomic E-state index is 0.753. The summed E-state index contributed by atoms with van der Waals surface area (Å²) in [6.45, 7) is 0. The minimum atomic E-state index is -2.79. The van der Waals surface area contributed by atoms with E-state index < -0.39 is 137 Å². The molecular formula is C29F13N5. The summed E-state index contributed by atoms with van der Waals surface area (Å²) >= 11 is 0. The zero-order valence-corrected chi connectivity index (χ0v) is 21.6. The molecule has 232 valence electrons. The van der Waals surface area contributed by atoms with Crippen molar-refractivity contribution in [3.63, 3.8) is 0 Å². The highest BCUT2D eigenvalue weighted by Crippen LogP contribution is 2.57. The molecule has 18 heteroatoms. The molecule has 0 saturated heterocycles. The Morgan fingerprint density at radius 3 is 0.681 bits per heavy atom. The van der Waals surface area contributed by atoms with Crippen LogP contribution in [-0.4, -0.2) is 0 Å².